The number of benzene rings is 3. The fourth-order valence-electron chi connectivity index (χ4n) is 4.83. The van der Waals surface area contributed by atoms with Crippen LogP contribution in [0.15, 0.2) is 70.6 Å². The average molecular weight is 602 g/mol. The Balaban J connectivity index is 1.16. The Kier molecular flexibility index (Phi) is 7.88. The average Bonchev–Trinajstić information content (AvgIpc) is 3.62. The molecule has 6 rings (SSSR count). The van der Waals surface area contributed by atoms with Crippen LogP contribution in [0.5, 0.6) is 23.0 Å². The molecule has 0 bridgehead atoms. The summed E-state index contributed by atoms with van der Waals surface area (Å²) in [7, 11) is 3.05. The molecule has 3 heterocycles. The van der Waals surface area contributed by atoms with E-state index in [2.05, 4.69) is 15.6 Å². The van der Waals surface area contributed by atoms with Gasteiger partial charge in [-0.25, -0.2) is 4.99 Å². The predicted molar refractivity (Wildman–Crippen MR) is 160 cm³/mol. The lowest BCUT2D eigenvalue weighted by Gasteiger charge is -2.30. The van der Waals surface area contributed by atoms with Gasteiger partial charge < -0.3 is 29.6 Å². The Morgan fingerprint density at radius 1 is 1.00 bits per heavy atom. The van der Waals surface area contributed by atoms with E-state index in [4.69, 9.17) is 23.9 Å². The number of aliphatic imine (C=N–C) groups is 2. The summed E-state index contributed by atoms with van der Waals surface area (Å²) in [5, 5.41) is 6.10. The monoisotopic (exact) mass is 601 g/mol. The summed E-state index contributed by atoms with van der Waals surface area (Å²) in [4.78, 5) is 49.8. The Morgan fingerprint density at radius 3 is 2.67 bits per heavy atom. The van der Waals surface area contributed by atoms with Crippen LogP contribution in [0, 0.1) is 0 Å². The molecule has 2 N–H and O–H groups in total. The van der Waals surface area contributed by atoms with Gasteiger partial charge >= 0.3 is 0 Å². The lowest BCUT2D eigenvalue weighted by molar-refractivity contribution is -0.126. The third-order valence-corrected chi connectivity index (χ3v) is 7.88. The highest BCUT2D eigenvalue weighted by molar-refractivity contribution is 8.14. The number of carbonyl (C=O) groups is 3. The number of hydrogen-bond donors (Lipinski definition) is 2. The summed E-state index contributed by atoms with van der Waals surface area (Å²) in [5.41, 5.74) is 2.58. The highest BCUT2D eigenvalue weighted by Gasteiger charge is 2.42. The van der Waals surface area contributed by atoms with Crippen LogP contribution in [0.1, 0.15) is 17.5 Å². The van der Waals surface area contributed by atoms with Crippen LogP contribution < -0.4 is 29.6 Å². The molecule has 3 aromatic rings. The molecule has 12 nitrogen and oxygen atoms in total. The van der Waals surface area contributed by atoms with E-state index in [1.807, 2.05) is 30.3 Å². The third-order valence-electron chi connectivity index (χ3n) is 6.93. The fraction of sp³-hybridized carbons (Fsp3) is 0.233. The zero-order valence-electron chi connectivity index (χ0n) is 23.3. The molecule has 1 atom stereocenters. The molecular weight excluding hydrogens is 574 g/mol. The zero-order chi connectivity index (χ0) is 29.9. The lowest BCUT2D eigenvalue weighted by atomic mass is 10.1. The molecule has 0 aliphatic carbocycles. The number of methoxy groups -OCH3 is 2. The highest BCUT2D eigenvalue weighted by Crippen LogP contribution is 2.36. The first-order chi connectivity index (χ1) is 20.9. The molecule has 3 aliphatic rings. The van der Waals surface area contributed by atoms with Crippen LogP contribution in [0.25, 0.3) is 0 Å². The van der Waals surface area contributed by atoms with Gasteiger partial charge in [0.25, 0.3) is 5.91 Å². The molecule has 3 aromatic carbocycles. The van der Waals surface area contributed by atoms with E-state index in [1.54, 1.807) is 35.2 Å². The molecule has 0 spiro atoms. The Morgan fingerprint density at radius 2 is 1.84 bits per heavy atom. The smallest absolute Gasteiger partial charge is 0.271 e. The quantitative estimate of drug-likeness (QED) is 0.377. The van der Waals surface area contributed by atoms with Crippen molar-refractivity contribution in [3.63, 3.8) is 0 Å². The largest absolute Gasteiger partial charge is 0.497 e. The molecule has 0 radical (unpaired) electrons. The molecule has 0 saturated heterocycles. The molecule has 0 aromatic heterocycles. The van der Waals surface area contributed by atoms with Gasteiger partial charge in [-0.15, -0.1) is 0 Å². The number of anilines is 1. The topological polar surface area (TPSA) is 140 Å². The number of fused-ring (bicyclic) bond motifs is 4. The van der Waals surface area contributed by atoms with E-state index in [0.29, 0.717) is 50.9 Å². The summed E-state index contributed by atoms with van der Waals surface area (Å²) in [6.45, 7) is 0.408. The maximum Gasteiger partial charge on any atom is 0.271 e. The summed E-state index contributed by atoms with van der Waals surface area (Å²) in [5.74, 6) is 1.59. The van der Waals surface area contributed by atoms with Crippen molar-refractivity contribution in [2.75, 3.05) is 32.1 Å². The number of amides is 3. The van der Waals surface area contributed by atoms with Gasteiger partial charge in [0.1, 0.15) is 23.4 Å². The Bertz CT molecular complexity index is 1670. The number of amidine groups is 2. The summed E-state index contributed by atoms with van der Waals surface area (Å²) >= 11 is 1.14. The number of carbonyl (C=O) groups excluding carboxylic acids is 3. The minimum Gasteiger partial charge on any atom is -0.497 e. The number of thioether (sulfide) groups is 1. The maximum atomic E-state index is 13.1. The van der Waals surface area contributed by atoms with Gasteiger partial charge in [0.15, 0.2) is 16.7 Å². The van der Waals surface area contributed by atoms with Gasteiger partial charge in [0.2, 0.25) is 18.6 Å². The standard InChI is InChI=1S/C30H27N5O7S/c1-39-18-8-10-23(40-2)21(12-18)32-27(37)15-43-30-33-20-6-4-3-5-19(20)28-34-29(38)22(35(28)30)13-26(36)31-14-17-7-9-24-25(11-17)42-16-41-24/h3-12,22H,13-16H2,1-2H3,(H,31,36)(H,32,37). The zero-order valence-corrected chi connectivity index (χ0v) is 24.1. The normalized spacial score (nSPS) is 16.1. The number of ether oxygens (including phenoxy) is 4. The van der Waals surface area contributed by atoms with Crippen molar-refractivity contribution < 1.29 is 33.3 Å². The number of nitrogens with zero attached hydrogens (tertiary/aromatic N) is 3. The van der Waals surface area contributed by atoms with Gasteiger partial charge in [-0.3, -0.25) is 19.3 Å². The van der Waals surface area contributed by atoms with E-state index in [9.17, 15) is 14.4 Å². The van der Waals surface area contributed by atoms with Gasteiger partial charge in [-0.05, 0) is 42.0 Å². The SMILES string of the molecule is COc1ccc(OC)c(NC(=O)CSC2=Nc3ccccc3C3=NC(=O)C(CC(=O)NCc4ccc5c(c4)OCO5)N23)c1. The van der Waals surface area contributed by atoms with Crippen molar-refractivity contribution in [1.82, 2.24) is 10.2 Å². The minimum atomic E-state index is -0.909. The first-order valence-corrected chi connectivity index (χ1v) is 14.3. The summed E-state index contributed by atoms with van der Waals surface area (Å²) in [6, 6.07) is 16.9. The van der Waals surface area contributed by atoms with E-state index in [0.717, 1.165) is 17.3 Å². The first kappa shape index (κ1) is 28.1. The number of hydrogen-bond acceptors (Lipinski definition) is 10. The first-order valence-electron chi connectivity index (χ1n) is 13.3. The van der Waals surface area contributed by atoms with Crippen LogP contribution >= 0.6 is 11.8 Å². The number of rotatable bonds is 9. The van der Waals surface area contributed by atoms with Crippen molar-refractivity contribution in [2.24, 2.45) is 9.98 Å². The Labute approximate surface area is 251 Å². The Hall–Kier alpha value is -5.04. The van der Waals surface area contributed by atoms with Crippen LogP contribution in [-0.2, 0) is 20.9 Å². The van der Waals surface area contributed by atoms with Crippen LogP contribution in [0.4, 0.5) is 11.4 Å². The van der Waals surface area contributed by atoms with Crippen LogP contribution in [-0.4, -0.2) is 66.4 Å². The van der Waals surface area contributed by atoms with E-state index >= 15 is 0 Å². The number of nitrogens with one attached hydrogen (secondary N) is 2. The third kappa shape index (κ3) is 5.84. The van der Waals surface area contributed by atoms with Gasteiger partial charge in [0, 0.05) is 18.2 Å². The van der Waals surface area contributed by atoms with Crippen molar-refractivity contribution in [3.8, 4) is 23.0 Å². The number of para-hydroxylation sites is 1. The summed E-state index contributed by atoms with van der Waals surface area (Å²) in [6.07, 6.45) is -0.147. The van der Waals surface area contributed by atoms with Crippen LogP contribution in [0.2, 0.25) is 0 Å². The summed E-state index contributed by atoms with van der Waals surface area (Å²) < 4.78 is 21.4. The second-order valence-electron chi connectivity index (χ2n) is 9.64. The van der Waals surface area contributed by atoms with Crippen LogP contribution in [0.3, 0.4) is 0 Å². The van der Waals surface area contributed by atoms with Crippen molar-refractivity contribution >= 4 is 51.9 Å². The fourth-order valence-corrected chi connectivity index (χ4v) is 5.68. The van der Waals surface area contributed by atoms with Crippen molar-refractivity contribution in [1.29, 1.82) is 0 Å². The van der Waals surface area contributed by atoms with Gasteiger partial charge in [-0.1, -0.05) is 30.0 Å². The molecule has 3 aliphatic heterocycles. The lowest BCUT2D eigenvalue weighted by Crippen LogP contribution is -2.46. The van der Waals surface area contributed by atoms with Crippen molar-refractivity contribution in [2.45, 2.75) is 19.0 Å². The molecule has 0 saturated carbocycles. The van der Waals surface area contributed by atoms with Gasteiger partial charge in [0.05, 0.1) is 37.8 Å². The van der Waals surface area contributed by atoms with E-state index in [-0.39, 0.29) is 37.3 Å². The second kappa shape index (κ2) is 12.1. The molecule has 3 amide bonds. The van der Waals surface area contributed by atoms with Crippen molar-refractivity contribution in [3.05, 3.63) is 71.8 Å². The molecule has 43 heavy (non-hydrogen) atoms. The second-order valence-corrected chi connectivity index (χ2v) is 10.6. The van der Waals surface area contributed by atoms with Gasteiger partial charge in [-0.2, -0.15) is 4.99 Å². The highest BCUT2D eigenvalue weighted by atomic mass is 32.2. The minimum absolute atomic E-state index is 0.0254. The predicted octanol–water partition coefficient (Wildman–Crippen LogP) is 3.47. The maximum absolute atomic E-state index is 13.1. The van der Waals surface area contributed by atoms with E-state index in [1.165, 1.54) is 14.2 Å². The molecule has 1 unspecified atom stereocenters. The van der Waals surface area contributed by atoms with E-state index < -0.39 is 11.9 Å². The molecule has 220 valence electrons. The molecule has 0 fully saturated rings. The molecular formula is C30H27N5O7S. The molecule has 13 heteroatoms.